The van der Waals surface area contributed by atoms with Crippen molar-refractivity contribution in [1.29, 1.82) is 0 Å². The van der Waals surface area contributed by atoms with Crippen LogP contribution in [0, 0.1) is 0 Å². The molecular weight excluding hydrogens is 252 g/mol. The highest BCUT2D eigenvalue weighted by Gasteiger charge is 2.32. The molecule has 1 aliphatic rings. The number of nitrogens with zero attached hydrogens (tertiary/aromatic N) is 2. The van der Waals surface area contributed by atoms with Crippen LogP contribution >= 0.6 is 0 Å². The topological polar surface area (TPSA) is 35.9 Å². The molecule has 0 radical (unpaired) electrons. The van der Waals surface area contributed by atoms with E-state index in [1.165, 1.54) is 0 Å². The maximum atomic E-state index is 10.1. The summed E-state index contributed by atoms with van der Waals surface area (Å²) in [4.78, 5) is 4.73. The van der Waals surface area contributed by atoms with Gasteiger partial charge in [0.15, 0.2) is 0 Å². The van der Waals surface area contributed by atoms with Crippen LogP contribution in [0.15, 0.2) is 18.2 Å². The van der Waals surface area contributed by atoms with Gasteiger partial charge < -0.3 is 14.7 Å². The summed E-state index contributed by atoms with van der Waals surface area (Å²) in [5, 5.41) is 10.1. The minimum Gasteiger partial charge on any atom is -0.496 e. The molecule has 0 spiro atoms. The van der Waals surface area contributed by atoms with Crippen molar-refractivity contribution >= 4 is 5.69 Å². The van der Waals surface area contributed by atoms with E-state index in [1.54, 1.807) is 14.0 Å². The van der Waals surface area contributed by atoms with E-state index in [2.05, 4.69) is 36.8 Å². The van der Waals surface area contributed by atoms with Gasteiger partial charge in [-0.05, 0) is 40.0 Å². The zero-order chi connectivity index (χ0) is 14.9. The van der Waals surface area contributed by atoms with Crippen LogP contribution in [0.25, 0.3) is 0 Å². The Balaban J connectivity index is 2.38. The van der Waals surface area contributed by atoms with Crippen LogP contribution in [0.2, 0.25) is 0 Å². The summed E-state index contributed by atoms with van der Waals surface area (Å²) in [5.41, 5.74) is 2.09. The van der Waals surface area contributed by atoms with E-state index < -0.39 is 6.10 Å². The number of piperazine rings is 1. The Kier molecular flexibility index (Phi) is 4.25. The predicted octanol–water partition coefficient (Wildman–Crippen LogP) is 2.28. The lowest BCUT2D eigenvalue weighted by Gasteiger charge is -2.46. The van der Waals surface area contributed by atoms with Crippen molar-refractivity contribution in [3.63, 3.8) is 0 Å². The van der Waals surface area contributed by atoms with Gasteiger partial charge in [0.1, 0.15) is 5.75 Å². The quantitative estimate of drug-likeness (QED) is 0.920. The molecule has 1 saturated heterocycles. The number of ether oxygens (including phenoxy) is 1. The molecule has 0 aliphatic carbocycles. The van der Waals surface area contributed by atoms with Crippen LogP contribution in [0.1, 0.15) is 32.4 Å². The zero-order valence-electron chi connectivity index (χ0n) is 13.2. The molecule has 4 heteroatoms. The highest BCUT2D eigenvalue weighted by atomic mass is 16.5. The molecule has 0 unspecified atom stereocenters. The van der Waals surface area contributed by atoms with Gasteiger partial charge in [-0.1, -0.05) is 6.07 Å². The Morgan fingerprint density at radius 1 is 1.30 bits per heavy atom. The first kappa shape index (κ1) is 15.1. The second kappa shape index (κ2) is 5.62. The summed E-state index contributed by atoms with van der Waals surface area (Å²) in [7, 11) is 3.82. The molecule has 0 bridgehead atoms. The molecule has 1 N–H and O–H groups in total. The number of benzene rings is 1. The Bertz CT molecular complexity index is 472. The van der Waals surface area contributed by atoms with Gasteiger partial charge >= 0.3 is 0 Å². The van der Waals surface area contributed by atoms with Crippen LogP contribution in [-0.2, 0) is 0 Å². The molecule has 0 amide bonds. The van der Waals surface area contributed by atoms with Crippen LogP contribution in [0.4, 0.5) is 5.69 Å². The third-order valence-electron chi connectivity index (χ3n) is 4.34. The number of hydrogen-bond acceptors (Lipinski definition) is 4. The van der Waals surface area contributed by atoms with E-state index >= 15 is 0 Å². The molecule has 1 aliphatic heterocycles. The summed E-state index contributed by atoms with van der Waals surface area (Å²) in [6.07, 6.45) is -0.538. The third-order valence-corrected chi connectivity index (χ3v) is 4.34. The van der Waals surface area contributed by atoms with Gasteiger partial charge in [0.05, 0.1) is 13.2 Å². The number of rotatable bonds is 3. The molecule has 1 heterocycles. The van der Waals surface area contributed by atoms with Gasteiger partial charge in [0, 0.05) is 36.4 Å². The minimum absolute atomic E-state index is 0.122. The second-order valence-corrected chi connectivity index (χ2v) is 6.22. The first-order valence-corrected chi connectivity index (χ1v) is 7.18. The summed E-state index contributed by atoms with van der Waals surface area (Å²) >= 11 is 0. The van der Waals surface area contributed by atoms with Gasteiger partial charge in [-0.3, -0.25) is 4.90 Å². The van der Waals surface area contributed by atoms with Gasteiger partial charge in [0.2, 0.25) is 0 Å². The molecule has 112 valence electrons. The standard InChI is InChI=1S/C16H26N2O2/c1-12(19)15-13(7-6-8-14(15)20-5)18-10-9-17(4)16(2,3)11-18/h6-8,12,19H,9-11H2,1-5H3/t12-/m0/s1. The average molecular weight is 278 g/mol. The highest BCUT2D eigenvalue weighted by Crippen LogP contribution is 2.36. The van der Waals surface area contributed by atoms with Crippen LogP contribution < -0.4 is 9.64 Å². The van der Waals surface area contributed by atoms with Crippen molar-refractivity contribution in [2.24, 2.45) is 0 Å². The van der Waals surface area contributed by atoms with Crippen molar-refractivity contribution in [1.82, 2.24) is 4.90 Å². The van der Waals surface area contributed by atoms with E-state index in [4.69, 9.17) is 4.74 Å². The SMILES string of the molecule is COc1cccc(N2CCN(C)C(C)(C)C2)c1[C@H](C)O. The molecule has 0 saturated carbocycles. The number of anilines is 1. The van der Waals surface area contributed by atoms with E-state index in [0.717, 1.165) is 36.6 Å². The van der Waals surface area contributed by atoms with Crippen LogP contribution in [0.5, 0.6) is 5.75 Å². The van der Waals surface area contributed by atoms with Crippen molar-refractivity contribution in [2.75, 3.05) is 38.7 Å². The van der Waals surface area contributed by atoms with Gasteiger partial charge in [-0.25, -0.2) is 0 Å². The lowest BCUT2D eigenvalue weighted by molar-refractivity contribution is 0.138. The Labute approximate surface area is 122 Å². The van der Waals surface area contributed by atoms with Crippen LogP contribution in [0.3, 0.4) is 0 Å². The van der Waals surface area contributed by atoms with E-state index in [1.807, 2.05) is 12.1 Å². The smallest absolute Gasteiger partial charge is 0.126 e. The summed E-state index contributed by atoms with van der Waals surface area (Å²) in [6.45, 7) is 9.22. The second-order valence-electron chi connectivity index (χ2n) is 6.22. The number of aliphatic hydroxyl groups excluding tert-OH is 1. The molecule has 20 heavy (non-hydrogen) atoms. The highest BCUT2D eigenvalue weighted by molar-refractivity contribution is 5.61. The molecule has 1 fully saturated rings. The van der Waals surface area contributed by atoms with Crippen molar-refractivity contribution in [3.8, 4) is 5.75 Å². The number of likely N-dealkylation sites (N-methyl/N-ethyl adjacent to an activating group) is 1. The van der Waals surface area contributed by atoms with E-state index in [-0.39, 0.29) is 5.54 Å². The Morgan fingerprint density at radius 2 is 2.00 bits per heavy atom. The summed E-state index contributed by atoms with van der Waals surface area (Å²) in [5.74, 6) is 0.759. The maximum Gasteiger partial charge on any atom is 0.126 e. The number of aliphatic hydroxyl groups is 1. The van der Waals surface area contributed by atoms with E-state index in [9.17, 15) is 5.11 Å². The lowest BCUT2D eigenvalue weighted by atomic mass is 9.97. The molecular formula is C16H26N2O2. The first-order valence-electron chi connectivity index (χ1n) is 7.18. The molecule has 1 aromatic carbocycles. The van der Waals surface area contributed by atoms with Crippen molar-refractivity contribution in [2.45, 2.75) is 32.4 Å². The van der Waals surface area contributed by atoms with Gasteiger partial charge in [-0.2, -0.15) is 0 Å². The molecule has 1 atom stereocenters. The fraction of sp³-hybridized carbons (Fsp3) is 0.625. The number of methoxy groups -OCH3 is 1. The molecule has 2 rings (SSSR count). The van der Waals surface area contributed by atoms with E-state index in [0.29, 0.717) is 0 Å². The molecule has 4 nitrogen and oxygen atoms in total. The normalized spacial score (nSPS) is 20.8. The predicted molar refractivity (Wildman–Crippen MR) is 82.5 cm³/mol. The van der Waals surface area contributed by atoms with Gasteiger partial charge in [-0.15, -0.1) is 0 Å². The fourth-order valence-electron chi connectivity index (χ4n) is 2.85. The summed E-state index contributed by atoms with van der Waals surface area (Å²) < 4.78 is 5.41. The summed E-state index contributed by atoms with van der Waals surface area (Å²) in [6, 6.07) is 5.98. The Morgan fingerprint density at radius 3 is 2.55 bits per heavy atom. The maximum absolute atomic E-state index is 10.1. The number of hydrogen-bond donors (Lipinski definition) is 1. The monoisotopic (exact) mass is 278 g/mol. The third kappa shape index (κ3) is 2.76. The van der Waals surface area contributed by atoms with Gasteiger partial charge in [0.25, 0.3) is 0 Å². The fourth-order valence-corrected chi connectivity index (χ4v) is 2.85. The van der Waals surface area contributed by atoms with Crippen LogP contribution in [-0.4, -0.2) is 49.3 Å². The molecule has 0 aromatic heterocycles. The minimum atomic E-state index is -0.538. The average Bonchev–Trinajstić information content (AvgIpc) is 2.40. The van der Waals surface area contributed by atoms with Crippen molar-refractivity contribution < 1.29 is 9.84 Å². The molecule has 1 aromatic rings. The Hall–Kier alpha value is -1.26. The largest absolute Gasteiger partial charge is 0.496 e. The lowest BCUT2D eigenvalue weighted by Crippen LogP contribution is -2.57. The zero-order valence-corrected chi connectivity index (χ0v) is 13.2. The van der Waals surface area contributed by atoms with Crippen molar-refractivity contribution in [3.05, 3.63) is 23.8 Å². The first-order chi connectivity index (χ1) is 9.36.